The van der Waals surface area contributed by atoms with Crippen LogP contribution in [-0.2, 0) is 20.0 Å². The zero-order valence-electron chi connectivity index (χ0n) is 10.4. The Bertz CT molecular complexity index is 648. The van der Waals surface area contributed by atoms with E-state index in [9.17, 15) is 18.3 Å². The third-order valence-electron chi connectivity index (χ3n) is 3.33. The number of thioether (sulfide) groups is 1. The van der Waals surface area contributed by atoms with Crippen molar-refractivity contribution in [2.75, 3.05) is 12.5 Å². The molecule has 19 heavy (non-hydrogen) atoms. The van der Waals surface area contributed by atoms with Gasteiger partial charge in [0.25, 0.3) is 0 Å². The third-order valence-corrected chi connectivity index (χ3v) is 6.31. The Hall–Kier alpha value is -0.530. The van der Waals surface area contributed by atoms with Crippen molar-refractivity contribution in [3.63, 3.8) is 0 Å². The lowest BCUT2D eigenvalue weighted by Gasteiger charge is -2.15. The lowest BCUT2D eigenvalue weighted by atomic mass is 9.96. The number of halogens is 1. The SMILES string of the molecule is CSc1c(Br)cc(C2(C(=O)O)CC2)cc1S(C)(=O)=O. The van der Waals surface area contributed by atoms with E-state index in [2.05, 4.69) is 15.9 Å². The molecule has 1 N–H and O–H groups in total. The lowest BCUT2D eigenvalue weighted by molar-refractivity contribution is -0.140. The highest BCUT2D eigenvalue weighted by Crippen LogP contribution is 2.50. The van der Waals surface area contributed by atoms with E-state index < -0.39 is 21.2 Å². The van der Waals surface area contributed by atoms with E-state index in [1.807, 2.05) is 0 Å². The predicted molar refractivity (Wildman–Crippen MR) is 77.6 cm³/mol. The molecule has 1 aromatic carbocycles. The molecule has 1 saturated carbocycles. The van der Waals surface area contributed by atoms with Gasteiger partial charge in [0.05, 0.1) is 10.3 Å². The first-order valence-electron chi connectivity index (χ1n) is 5.54. The largest absolute Gasteiger partial charge is 0.481 e. The van der Waals surface area contributed by atoms with Gasteiger partial charge in [-0.3, -0.25) is 4.79 Å². The molecule has 0 saturated heterocycles. The first-order valence-corrected chi connectivity index (χ1v) is 9.45. The molecule has 1 aromatic rings. The molecule has 7 heteroatoms. The monoisotopic (exact) mass is 364 g/mol. The first-order chi connectivity index (χ1) is 8.72. The summed E-state index contributed by atoms with van der Waals surface area (Å²) in [5.41, 5.74) is -0.344. The minimum Gasteiger partial charge on any atom is -0.481 e. The van der Waals surface area contributed by atoms with Crippen molar-refractivity contribution >= 4 is 43.5 Å². The van der Waals surface area contributed by atoms with Gasteiger partial charge in [0, 0.05) is 15.6 Å². The molecule has 0 heterocycles. The van der Waals surface area contributed by atoms with Crippen LogP contribution >= 0.6 is 27.7 Å². The minimum atomic E-state index is -3.39. The normalized spacial score (nSPS) is 17.2. The van der Waals surface area contributed by atoms with Gasteiger partial charge in [0.2, 0.25) is 0 Å². The number of hydrogen-bond donors (Lipinski definition) is 1. The fourth-order valence-electron chi connectivity index (χ4n) is 2.07. The summed E-state index contributed by atoms with van der Waals surface area (Å²) >= 11 is 4.67. The van der Waals surface area contributed by atoms with Gasteiger partial charge in [0.1, 0.15) is 0 Å². The number of sulfone groups is 1. The van der Waals surface area contributed by atoms with Crippen LogP contribution in [0.25, 0.3) is 0 Å². The van der Waals surface area contributed by atoms with Crippen LogP contribution in [0.15, 0.2) is 26.4 Å². The Morgan fingerprint density at radius 3 is 2.37 bits per heavy atom. The standard InChI is InChI=1S/C12H13BrO4S2/c1-18-10-8(13)5-7(6-9(10)19(2,16)17)12(3-4-12)11(14)15/h5-6H,3-4H2,1-2H3,(H,14,15). The molecular formula is C12H13BrO4S2. The van der Waals surface area contributed by atoms with Crippen LogP contribution < -0.4 is 0 Å². The van der Waals surface area contributed by atoms with Gasteiger partial charge in [0.15, 0.2) is 9.84 Å². The summed E-state index contributed by atoms with van der Waals surface area (Å²) in [6, 6.07) is 3.23. The van der Waals surface area contributed by atoms with Gasteiger partial charge in [-0.25, -0.2) is 8.42 Å². The summed E-state index contributed by atoms with van der Waals surface area (Å²) in [5, 5.41) is 9.30. The van der Waals surface area contributed by atoms with Crippen molar-refractivity contribution in [3.8, 4) is 0 Å². The highest BCUT2D eigenvalue weighted by atomic mass is 79.9. The molecule has 1 aliphatic rings. The van der Waals surface area contributed by atoms with Gasteiger partial charge in [-0.2, -0.15) is 0 Å². The second-order valence-electron chi connectivity index (χ2n) is 4.65. The van der Waals surface area contributed by atoms with E-state index in [0.717, 1.165) is 6.26 Å². The number of carboxylic acids is 1. The maximum Gasteiger partial charge on any atom is 0.314 e. The van der Waals surface area contributed by atoms with Crippen molar-refractivity contribution in [3.05, 3.63) is 22.2 Å². The summed E-state index contributed by atoms with van der Waals surface area (Å²) in [6.07, 6.45) is 4.03. The van der Waals surface area contributed by atoms with Crippen molar-refractivity contribution < 1.29 is 18.3 Å². The van der Waals surface area contributed by atoms with Crippen molar-refractivity contribution in [2.24, 2.45) is 0 Å². The van der Waals surface area contributed by atoms with Crippen molar-refractivity contribution in [1.82, 2.24) is 0 Å². The smallest absolute Gasteiger partial charge is 0.314 e. The van der Waals surface area contributed by atoms with E-state index in [1.54, 1.807) is 12.3 Å². The molecular weight excluding hydrogens is 352 g/mol. The van der Waals surface area contributed by atoms with Crippen LogP contribution in [0.5, 0.6) is 0 Å². The molecule has 1 fully saturated rings. The Balaban J connectivity index is 2.68. The molecule has 0 bridgehead atoms. The highest BCUT2D eigenvalue weighted by molar-refractivity contribution is 9.10. The number of hydrogen-bond acceptors (Lipinski definition) is 4. The predicted octanol–water partition coefficient (Wildman–Crippen LogP) is 2.69. The summed E-state index contributed by atoms with van der Waals surface area (Å²) in [4.78, 5) is 12.2. The number of benzene rings is 1. The summed E-state index contributed by atoms with van der Waals surface area (Å²) in [6.45, 7) is 0. The quantitative estimate of drug-likeness (QED) is 0.831. The number of rotatable bonds is 4. The Kier molecular flexibility index (Phi) is 3.75. The van der Waals surface area contributed by atoms with E-state index >= 15 is 0 Å². The van der Waals surface area contributed by atoms with Crippen LogP contribution in [0.2, 0.25) is 0 Å². The molecule has 0 radical (unpaired) electrons. The fourth-order valence-corrected chi connectivity index (χ4v) is 5.15. The Morgan fingerprint density at radius 1 is 1.42 bits per heavy atom. The minimum absolute atomic E-state index is 0.192. The average molecular weight is 365 g/mol. The highest BCUT2D eigenvalue weighted by Gasteiger charge is 2.52. The Labute approximate surface area is 124 Å². The topological polar surface area (TPSA) is 71.4 Å². The maximum absolute atomic E-state index is 11.9. The molecule has 1 aliphatic carbocycles. The van der Waals surface area contributed by atoms with Crippen LogP contribution in [-0.4, -0.2) is 32.0 Å². The molecule has 4 nitrogen and oxygen atoms in total. The first kappa shape index (κ1) is 14.9. The second kappa shape index (κ2) is 4.79. The van der Waals surface area contributed by atoms with Crippen LogP contribution in [0.3, 0.4) is 0 Å². The molecule has 2 rings (SSSR count). The van der Waals surface area contributed by atoms with E-state index in [0.29, 0.717) is 27.8 Å². The second-order valence-corrected chi connectivity index (χ2v) is 8.30. The van der Waals surface area contributed by atoms with Gasteiger partial charge in [-0.05, 0) is 52.7 Å². The zero-order chi connectivity index (χ0) is 14.4. The summed E-state index contributed by atoms with van der Waals surface area (Å²) in [5.74, 6) is -0.893. The van der Waals surface area contributed by atoms with Gasteiger partial charge < -0.3 is 5.11 Å². The molecule has 0 spiro atoms. The number of carboxylic acid groups (broad SMARTS) is 1. The lowest BCUT2D eigenvalue weighted by Crippen LogP contribution is -2.20. The molecule has 104 valence electrons. The summed E-state index contributed by atoms with van der Waals surface area (Å²) in [7, 11) is -3.39. The fraction of sp³-hybridized carbons (Fsp3) is 0.417. The summed E-state index contributed by atoms with van der Waals surface area (Å²) < 4.78 is 24.3. The van der Waals surface area contributed by atoms with Crippen molar-refractivity contribution in [1.29, 1.82) is 0 Å². The van der Waals surface area contributed by atoms with E-state index in [-0.39, 0.29) is 4.90 Å². The number of aliphatic carboxylic acids is 1. The average Bonchev–Trinajstić information content (AvgIpc) is 3.07. The molecule has 0 amide bonds. The van der Waals surface area contributed by atoms with Crippen LogP contribution in [0.4, 0.5) is 0 Å². The molecule has 0 aromatic heterocycles. The van der Waals surface area contributed by atoms with E-state index in [1.165, 1.54) is 17.8 Å². The van der Waals surface area contributed by atoms with Crippen LogP contribution in [0.1, 0.15) is 18.4 Å². The maximum atomic E-state index is 11.9. The van der Waals surface area contributed by atoms with Crippen LogP contribution in [0, 0.1) is 0 Å². The van der Waals surface area contributed by atoms with Gasteiger partial charge in [-0.15, -0.1) is 11.8 Å². The van der Waals surface area contributed by atoms with E-state index in [4.69, 9.17) is 0 Å². The molecule has 0 atom stereocenters. The zero-order valence-corrected chi connectivity index (χ0v) is 13.7. The molecule has 0 aliphatic heterocycles. The Morgan fingerprint density at radius 2 is 2.00 bits per heavy atom. The van der Waals surface area contributed by atoms with Crippen molar-refractivity contribution in [2.45, 2.75) is 28.0 Å². The number of carbonyl (C=O) groups is 1. The third kappa shape index (κ3) is 2.55. The van der Waals surface area contributed by atoms with Gasteiger partial charge >= 0.3 is 5.97 Å². The molecule has 0 unspecified atom stereocenters. The van der Waals surface area contributed by atoms with Gasteiger partial charge in [-0.1, -0.05) is 0 Å².